The van der Waals surface area contributed by atoms with E-state index in [0.717, 1.165) is 0 Å². The summed E-state index contributed by atoms with van der Waals surface area (Å²) in [5, 5.41) is 8.01. The molecule has 15 heavy (non-hydrogen) atoms. The lowest BCUT2D eigenvalue weighted by molar-refractivity contribution is -0.167. The Morgan fingerprint density at radius 1 is 1.27 bits per heavy atom. The quantitative estimate of drug-likeness (QED) is 0.617. The van der Waals surface area contributed by atoms with E-state index in [-0.39, 0.29) is 6.07 Å². The Hall–Kier alpha value is -1.73. The van der Waals surface area contributed by atoms with Crippen molar-refractivity contribution in [2.75, 3.05) is 0 Å². The number of hydrogen-bond donors (Lipinski definition) is 1. The molecule has 0 aliphatic carbocycles. The van der Waals surface area contributed by atoms with Crippen molar-refractivity contribution in [1.82, 2.24) is 4.98 Å². The van der Waals surface area contributed by atoms with Crippen LogP contribution in [0.3, 0.4) is 0 Å². The molecule has 0 bridgehead atoms. The van der Waals surface area contributed by atoms with Gasteiger partial charge in [0, 0.05) is 6.07 Å². The van der Waals surface area contributed by atoms with E-state index in [4.69, 9.17) is 5.11 Å². The van der Waals surface area contributed by atoms with Gasteiger partial charge in [0.25, 0.3) is 0 Å². The van der Waals surface area contributed by atoms with Gasteiger partial charge in [-0.1, -0.05) is 0 Å². The van der Waals surface area contributed by atoms with Gasteiger partial charge < -0.3 is 5.11 Å². The summed E-state index contributed by atoms with van der Waals surface area (Å²) in [6, 6.07) is -0.200. The number of aromatic nitrogens is 1. The van der Waals surface area contributed by atoms with Crippen LogP contribution in [0.1, 0.15) is 5.69 Å². The fraction of sp³-hybridized carbons (Fsp3) is 0.143. The molecule has 0 spiro atoms. The van der Waals surface area contributed by atoms with E-state index >= 15 is 0 Å². The van der Waals surface area contributed by atoms with Crippen molar-refractivity contribution < 1.29 is 31.9 Å². The lowest BCUT2D eigenvalue weighted by Crippen LogP contribution is -2.28. The molecule has 0 aliphatic rings. The summed E-state index contributed by atoms with van der Waals surface area (Å²) in [7, 11) is 0. The van der Waals surface area contributed by atoms with Gasteiger partial charge in [-0.3, -0.25) is 0 Å². The third kappa shape index (κ3) is 1.88. The first-order valence-corrected chi connectivity index (χ1v) is 3.40. The summed E-state index contributed by atoms with van der Waals surface area (Å²) in [4.78, 5) is 12.2. The molecule has 0 saturated heterocycles. The Morgan fingerprint density at radius 2 is 1.80 bits per heavy atom. The minimum Gasteiger partial charge on any atom is -0.476 e. The zero-order valence-corrected chi connectivity index (χ0v) is 6.77. The molecule has 0 radical (unpaired) electrons. The monoisotopic (exact) mass is 227 g/mol. The second-order valence-corrected chi connectivity index (χ2v) is 2.47. The largest absolute Gasteiger partial charge is 0.476 e. The maximum atomic E-state index is 12.7. The van der Waals surface area contributed by atoms with Crippen LogP contribution in [-0.2, 0) is 10.7 Å². The number of pyridine rings is 1. The van der Waals surface area contributed by atoms with Gasteiger partial charge in [-0.25, -0.2) is 18.6 Å². The van der Waals surface area contributed by atoms with Gasteiger partial charge in [-0.15, -0.1) is 0 Å². The van der Waals surface area contributed by atoms with Crippen LogP contribution < -0.4 is 0 Å². The van der Waals surface area contributed by atoms with E-state index in [0.29, 0.717) is 0 Å². The molecule has 0 amide bonds. The third-order valence-corrected chi connectivity index (χ3v) is 1.45. The maximum Gasteiger partial charge on any atom is 0.387 e. The number of carboxylic acids is 1. The van der Waals surface area contributed by atoms with Crippen molar-refractivity contribution in [1.29, 1.82) is 0 Å². The van der Waals surface area contributed by atoms with Crippen LogP contribution in [0.25, 0.3) is 0 Å². The molecular formula is C7H2F5NO2. The molecule has 1 aromatic rings. The van der Waals surface area contributed by atoms with E-state index in [1.807, 2.05) is 0 Å². The summed E-state index contributed by atoms with van der Waals surface area (Å²) in [6.07, 6.45) is 0. The van der Waals surface area contributed by atoms with Crippen molar-refractivity contribution in [3.05, 3.63) is 29.3 Å². The summed E-state index contributed by atoms with van der Waals surface area (Å²) in [5.74, 6) is -13.1. The van der Waals surface area contributed by atoms with Crippen molar-refractivity contribution in [3.63, 3.8) is 0 Å². The highest BCUT2D eigenvalue weighted by Gasteiger charge is 2.45. The van der Waals surface area contributed by atoms with Gasteiger partial charge in [0.05, 0.1) is 0 Å². The molecule has 82 valence electrons. The van der Waals surface area contributed by atoms with Crippen LogP contribution in [-0.4, -0.2) is 16.1 Å². The Balaban J connectivity index is 3.38. The summed E-state index contributed by atoms with van der Waals surface area (Å²) >= 11 is 0. The second-order valence-electron chi connectivity index (χ2n) is 2.47. The Bertz CT molecular complexity index is 420. The van der Waals surface area contributed by atoms with Gasteiger partial charge in [-0.05, 0) is 0 Å². The summed E-state index contributed by atoms with van der Waals surface area (Å²) in [6.45, 7) is 0. The minimum atomic E-state index is -4.71. The number of carbonyl (C=O) groups is 1. The Kier molecular flexibility index (Phi) is 2.61. The number of halogens is 5. The van der Waals surface area contributed by atoms with Crippen LogP contribution in [0, 0.1) is 17.6 Å². The molecule has 3 nitrogen and oxygen atoms in total. The molecule has 0 aromatic carbocycles. The maximum absolute atomic E-state index is 12.7. The van der Waals surface area contributed by atoms with Crippen LogP contribution in [0.5, 0.6) is 0 Å². The predicted octanol–water partition coefficient (Wildman–Crippen LogP) is 1.68. The van der Waals surface area contributed by atoms with E-state index in [1.54, 1.807) is 0 Å². The fourth-order valence-corrected chi connectivity index (χ4v) is 0.766. The topological polar surface area (TPSA) is 50.2 Å². The number of aliphatic carboxylic acids is 1. The Morgan fingerprint density at radius 3 is 2.27 bits per heavy atom. The normalized spacial score (nSPS) is 11.5. The average molecular weight is 227 g/mol. The molecule has 0 fully saturated rings. The molecule has 1 rings (SSSR count). The number of hydrogen-bond acceptors (Lipinski definition) is 2. The molecule has 0 saturated carbocycles. The zero-order chi connectivity index (χ0) is 11.8. The molecular weight excluding hydrogens is 225 g/mol. The van der Waals surface area contributed by atoms with E-state index in [9.17, 15) is 26.7 Å². The lowest BCUT2D eigenvalue weighted by Gasteiger charge is -2.10. The van der Waals surface area contributed by atoms with E-state index in [1.165, 1.54) is 0 Å². The average Bonchev–Trinajstić information content (AvgIpc) is 2.10. The summed E-state index contributed by atoms with van der Waals surface area (Å²) < 4.78 is 62.6. The van der Waals surface area contributed by atoms with Crippen molar-refractivity contribution in [2.45, 2.75) is 5.92 Å². The van der Waals surface area contributed by atoms with Crippen LogP contribution in [0.4, 0.5) is 22.0 Å². The predicted molar refractivity (Wildman–Crippen MR) is 35.6 cm³/mol. The van der Waals surface area contributed by atoms with Gasteiger partial charge in [0.2, 0.25) is 5.95 Å². The first kappa shape index (κ1) is 11.3. The number of nitrogens with zero attached hydrogens (tertiary/aromatic N) is 1. The smallest absolute Gasteiger partial charge is 0.387 e. The van der Waals surface area contributed by atoms with Crippen molar-refractivity contribution in [3.8, 4) is 0 Å². The fourth-order valence-electron chi connectivity index (χ4n) is 0.766. The highest BCUT2D eigenvalue weighted by atomic mass is 19.3. The highest BCUT2D eigenvalue weighted by Crippen LogP contribution is 2.29. The van der Waals surface area contributed by atoms with Gasteiger partial charge in [0.15, 0.2) is 17.3 Å². The molecule has 0 unspecified atom stereocenters. The molecule has 1 N–H and O–H groups in total. The van der Waals surface area contributed by atoms with Gasteiger partial charge >= 0.3 is 11.9 Å². The second kappa shape index (κ2) is 3.44. The van der Waals surface area contributed by atoms with Crippen molar-refractivity contribution in [2.24, 2.45) is 0 Å². The highest BCUT2D eigenvalue weighted by molar-refractivity contribution is 5.76. The zero-order valence-electron chi connectivity index (χ0n) is 6.77. The molecule has 0 atom stereocenters. The Labute approximate surface area is 79.2 Å². The minimum absolute atomic E-state index is 0.200. The molecule has 1 aromatic heterocycles. The summed E-state index contributed by atoms with van der Waals surface area (Å²) in [5.41, 5.74) is -1.96. The standard InChI is InChI=1S/C7H2F5NO2/c8-2-1-3(9)5(10)13-4(2)7(11,12)6(14)15/h1H,(H,14,15). The lowest BCUT2D eigenvalue weighted by atomic mass is 10.2. The third-order valence-electron chi connectivity index (χ3n) is 1.45. The van der Waals surface area contributed by atoms with Gasteiger partial charge in [0.1, 0.15) is 0 Å². The first-order chi connectivity index (χ1) is 6.76. The van der Waals surface area contributed by atoms with Crippen LogP contribution in [0.2, 0.25) is 0 Å². The van der Waals surface area contributed by atoms with Crippen LogP contribution in [0.15, 0.2) is 6.07 Å². The van der Waals surface area contributed by atoms with E-state index in [2.05, 4.69) is 4.98 Å². The molecule has 1 heterocycles. The molecule has 8 heteroatoms. The van der Waals surface area contributed by atoms with Crippen LogP contribution >= 0.6 is 0 Å². The first-order valence-electron chi connectivity index (χ1n) is 3.40. The van der Waals surface area contributed by atoms with Gasteiger partial charge in [-0.2, -0.15) is 13.2 Å². The van der Waals surface area contributed by atoms with E-state index < -0.39 is 35.2 Å². The number of carboxylic acid groups (broad SMARTS) is 1. The number of rotatable bonds is 2. The number of alkyl halides is 2. The SMILES string of the molecule is O=C(O)C(F)(F)c1nc(F)c(F)cc1F. The molecule has 0 aliphatic heterocycles. The van der Waals surface area contributed by atoms with Crippen molar-refractivity contribution >= 4 is 5.97 Å².